The van der Waals surface area contributed by atoms with Crippen molar-refractivity contribution in [1.82, 2.24) is 9.88 Å². The van der Waals surface area contributed by atoms with Gasteiger partial charge in [0, 0.05) is 29.3 Å². The van der Waals surface area contributed by atoms with Crippen molar-refractivity contribution in [2.75, 3.05) is 18.8 Å². The maximum Gasteiger partial charge on any atom is 0.226 e. The first-order valence-corrected chi connectivity index (χ1v) is 13.3. The monoisotopic (exact) mass is 482 g/mol. The Labute approximate surface area is 202 Å². The fourth-order valence-electron chi connectivity index (χ4n) is 4.23. The van der Waals surface area contributed by atoms with Gasteiger partial charge in [-0.25, -0.2) is 9.37 Å². The normalized spacial score (nSPS) is 15.0. The minimum atomic E-state index is -1.34. The zero-order chi connectivity index (χ0) is 23.9. The number of rotatable bonds is 11. The molecule has 3 aromatic rings. The van der Waals surface area contributed by atoms with Crippen molar-refractivity contribution in [3.63, 3.8) is 0 Å². The van der Waals surface area contributed by atoms with E-state index >= 15 is 0 Å². The van der Waals surface area contributed by atoms with Gasteiger partial charge in [0.2, 0.25) is 5.89 Å². The number of likely N-dealkylation sites (tertiary alicyclic amines) is 1. The number of aromatic nitrogens is 1. The van der Waals surface area contributed by atoms with Gasteiger partial charge in [0.05, 0.1) is 17.2 Å². The van der Waals surface area contributed by atoms with Gasteiger partial charge in [0.15, 0.2) is 0 Å². The van der Waals surface area contributed by atoms with Gasteiger partial charge < -0.3 is 4.42 Å². The third kappa shape index (κ3) is 6.93. The topological polar surface area (TPSA) is 63.4 Å². The molecule has 4 rings (SSSR count). The molecule has 34 heavy (non-hydrogen) atoms. The fourth-order valence-corrected chi connectivity index (χ4v) is 5.41. The molecular weight excluding hydrogens is 451 g/mol. The van der Waals surface area contributed by atoms with Gasteiger partial charge in [-0.05, 0) is 81.1 Å². The molecule has 0 bridgehead atoms. The molecule has 1 atom stereocenters. The maximum atomic E-state index is 13.0. The smallest absolute Gasteiger partial charge is 0.226 e. The van der Waals surface area contributed by atoms with Crippen molar-refractivity contribution in [3.8, 4) is 11.5 Å². The average Bonchev–Trinajstić information content (AvgIpc) is 3.45. The van der Waals surface area contributed by atoms with E-state index in [2.05, 4.69) is 22.0 Å². The minimum Gasteiger partial charge on any atom is -0.441 e. The molecule has 1 saturated heterocycles. The minimum absolute atomic E-state index is 0.0102. The van der Waals surface area contributed by atoms with Gasteiger partial charge >= 0.3 is 0 Å². The lowest BCUT2D eigenvalue weighted by Gasteiger charge is -2.14. The molecule has 1 aromatic heterocycles. The number of carbonyl (C=O) groups excluding carboxylic acids is 1. The van der Waals surface area contributed by atoms with Gasteiger partial charge in [-0.2, -0.15) is 0 Å². The number of nitrogens with zero attached hydrogens (tertiary/aromatic N) is 2. The Morgan fingerprint density at radius 2 is 1.74 bits per heavy atom. The molecule has 2 aromatic carbocycles. The number of aryl methyl sites for hydroxylation is 2. The number of ketones is 1. The number of halogens is 1. The molecule has 1 aliphatic rings. The summed E-state index contributed by atoms with van der Waals surface area (Å²) < 4.78 is 31.4. The first kappa shape index (κ1) is 24.5. The number of Topliss-reactive ketones (excluding diaryl/α,β-unsaturated/α-hetero) is 1. The summed E-state index contributed by atoms with van der Waals surface area (Å²) in [5, 5.41) is 0. The lowest BCUT2D eigenvalue weighted by atomic mass is 10.1. The molecule has 0 amide bonds. The van der Waals surface area contributed by atoms with E-state index in [-0.39, 0.29) is 23.1 Å². The van der Waals surface area contributed by atoms with Crippen LogP contribution in [0.2, 0.25) is 0 Å². The van der Waals surface area contributed by atoms with Gasteiger partial charge in [-0.3, -0.25) is 13.9 Å². The van der Waals surface area contributed by atoms with Crippen LogP contribution in [-0.4, -0.2) is 38.7 Å². The lowest BCUT2D eigenvalue weighted by molar-refractivity contribution is -0.116. The summed E-state index contributed by atoms with van der Waals surface area (Å²) in [7, 11) is -1.34. The quantitative estimate of drug-likeness (QED) is 0.375. The zero-order valence-electron chi connectivity index (χ0n) is 19.6. The summed E-state index contributed by atoms with van der Waals surface area (Å²) >= 11 is 0. The van der Waals surface area contributed by atoms with E-state index < -0.39 is 10.8 Å². The third-order valence-corrected chi connectivity index (χ3v) is 7.39. The Bertz CT molecular complexity index is 1120. The highest BCUT2D eigenvalue weighted by Crippen LogP contribution is 2.24. The van der Waals surface area contributed by atoms with Gasteiger partial charge in [0.25, 0.3) is 0 Å². The van der Waals surface area contributed by atoms with Crippen LogP contribution in [-0.2, 0) is 34.3 Å². The molecule has 1 unspecified atom stereocenters. The molecule has 7 heteroatoms. The van der Waals surface area contributed by atoms with Gasteiger partial charge in [0.1, 0.15) is 17.4 Å². The van der Waals surface area contributed by atoms with Crippen molar-refractivity contribution >= 4 is 16.6 Å². The van der Waals surface area contributed by atoms with Crippen LogP contribution >= 0.6 is 0 Å². The summed E-state index contributed by atoms with van der Waals surface area (Å²) in [5.74, 6) is 1.06. The Balaban J connectivity index is 1.26. The number of benzene rings is 2. The summed E-state index contributed by atoms with van der Waals surface area (Å²) in [6, 6.07) is 14.5. The number of carbonyl (C=O) groups is 1. The third-order valence-electron chi connectivity index (χ3n) is 6.15. The summed E-state index contributed by atoms with van der Waals surface area (Å²) in [4.78, 5) is 19.3. The van der Waals surface area contributed by atoms with Crippen molar-refractivity contribution in [3.05, 3.63) is 76.9 Å². The van der Waals surface area contributed by atoms with E-state index in [1.54, 1.807) is 12.1 Å². The van der Waals surface area contributed by atoms with Crippen LogP contribution in [0.5, 0.6) is 0 Å². The second-order valence-electron chi connectivity index (χ2n) is 8.95. The second-order valence-corrected chi connectivity index (χ2v) is 10.4. The molecule has 0 N–H and O–H groups in total. The van der Waals surface area contributed by atoms with E-state index in [1.807, 2.05) is 19.1 Å². The first-order chi connectivity index (χ1) is 16.5. The van der Waals surface area contributed by atoms with E-state index in [0.29, 0.717) is 36.6 Å². The SMILES string of the molecule is Cc1oc(-c2ccc(CN3CCCC3)cc2)nc1CS(=O)CC(=O)CCCc1ccc(F)cc1. The number of hydrogen-bond acceptors (Lipinski definition) is 5. The first-order valence-electron chi connectivity index (χ1n) is 11.9. The fraction of sp³-hybridized carbons (Fsp3) is 0.407. The van der Waals surface area contributed by atoms with Crippen molar-refractivity contribution in [2.45, 2.75) is 51.3 Å². The van der Waals surface area contributed by atoms with Crippen LogP contribution in [0.1, 0.15) is 48.3 Å². The molecule has 5 nitrogen and oxygen atoms in total. The lowest BCUT2D eigenvalue weighted by Crippen LogP contribution is -2.18. The van der Waals surface area contributed by atoms with Crippen molar-refractivity contribution in [1.29, 1.82) is 0 Å². The highest BCUT2D eigenvalue weighted by molar-refractivity contribution is 7.84. The number of oxazole rings is 1. The Kier molecular flexibility index (Phi) is 8.40. The van der Waals surface area contributed by atoms with Crippen LogP contribution in [0.15, 0.2) is 52.9 Å². The predicted octanol–water partition coefficient (Wildman–Crippen LogP) is 5.23. The molecule has 2 heterocycles. The van der Waals surface area contributed by atoms with Gasteiger partial charge in [-0.15, -0.1) is 0 Å². The molecule has 0 saturated carbocycles. The standard InChI is InChI=1S/C27H31FN2O3S/c1-20-26(19-34(32)18-25(31)6-4-5-21-9-13-24(28)14-10-21)29-27(33-20)23-11-7-22(8-12-23)17-30-15-2-3-16-30/h7-14H,2-6,15-19H2,1H3. The summed E-state index contributed by atoms with van der Waals surface area (Å²) in [6.45, 7) is 5.11. The van der Waals surface area contributed by atoms with E-state index in [0.717, 1.165) is 30.8 Å². The van der Waals surface area contributed by atoms with Crippen LogP contribution in [0, 0.1) is 12.7 Å². The highest BCUT2D eigenvalue weighted by Gasteiger charge is 2.17. The Morgan fingerprint density at radius 1 is 1.06 bits per heavy atom. The highest BCUT2D eigenvalue weighted by atomic mass is 32.2. The largest absolute Gasteiger partial charge is 0.441 e. The van der Waals surface area contributed by atoms with Gasteiger partial charge in [-0.1, -0.05) is 24.3 Å². The van der Waals surface area contributed by atoms with Crippen LogP contribution in [0.3, 0.4) is 0 Å². The Morgan fingerprint density at radius 3 is 2.44 bits per heavy atom. The molecule has 0 radical (unpaired) electrons. The van der Waals surface area contributed by atoms with Crippen molar-refractivity contribution in [2.24, 2.45) is 0 Å². The van der Waals surface area contributed by atoms with E-state index in [1.165, 1.54) is 30.5 Å². The second kappa shape index (κ2) is 11.7. The molecule has 1 aliphatic heterocycles. The molecular formula is C27H31FN2O3S. The molecule has 0 spiro atoms. The van der Waals surface area contributed by atoms with E-state index in [9.17, 15) is 13.4 Å². The molecule has 1 fully saturated rings. The molecule has 180 valence electrons. The maximum absolute atomic E-state index is 13.0. The molecule has 0 aliphatic carbocycles. The van der Waals surface area contributed by atoms with Crippen LogP contribution in [0.4, 0.5) is 4.39 Å². The summed E-state index contributed by atoms with van der Waals surface area (Å²) in [6.07, 6.45) is 4.26. The summed E-state index contributed by atoms with van der Waals surface area (Å²) in [5.41, 5.74) is 3.79. The Hall–Kier alpha value is -2.64. The van der Waals surface area contributed by atoms with Crippen LogP contribution in [0.25, 0.3) is 11.5 Å². The zero-order valence-corrected chi connectivity index (χ0v) is 20.4. The number of hydrogen-bond donors (Lipinski definition) is 0. The van der Waals surface area contributed by atoms with Crippen LogP contribution < -0.4 is 0 Å². The predicted molar refractivity (Wildman–Crippen MR) is 132 cm³/mol. The van der Waals surface area contributed by atoms with Crippen molar-refractivity contribution < 1.29 is 17.8 Å². The average molecular weight is 483 g/mol. The van der Waals surface area contributed by atoms with E-state index in [4.69, 9.17) is 4.42 Å².